The van der Waals surface area contributed by atoms with Crippen LogP contribution in [0.2, 0.25) is 0 Å². The number of imidazole rings is 1. The van der Waals surface area contributed by atoms with Gasteiger partial charge in [-0.2, -0.15) is 0 Å². The molecule has 0 fully saturated rings. The van der Waals surface area contributed by atoms with E-state index in [0.717, 1.165) is 0 Å². The molecule has 0 spiro atoms. The number of hydrogen-bond donors (Lipinski definition) is 2. The molecule has 3 heterocycles. The average molecular weight is 471 g/mol. The number of H-pyrrole nitrogens is 1. The second kappa shape index (κ2) is 10.4. The number of carbonyl (C=O) groups excluding carboxylic acids is 2. The number of methoxy groups -OCH3 is 1. The van der Waals surface area contributed by atoms with Crippen LogP contribution in [0.1, 0.15) is 51.0 Å². The molecule has 182 valence electrons. The number of hydrogen-bond acceptors (Lipinski definition) is 7. The predicted molar refractivity (Wildman–Crippen MR) is 127 cm³/mol. The molecule has 0 aromatic carbocycles. The standard InChI is InChI=1S/C23H30N6O5/c1-6-10-28-19-17(21(31)29(11-7-2)23(28)33)25-18(27-19)14-8-9-15(24-12-14)20(30)26-16(13(3)4)22(32)34-5/h8-9,12-13,16H,6-7,10-11H2,1-5H3,(H,25,27)(H,26,30)/t16-/m0/s1. The van der Waals surface area contributed by atoms with E-state index in [2.05, 4.69) is 20.3 Å². The highest BCUT2D eigenvalue weighted by Gasteiger charge is 2.26. The van der Waals surface area contributed by atoms with Crippen LogP contribution in [0.5, 0.6) is 0 Å². The molecular formula is C23H30N6O5. The molecule has 0 saturated heterocycles. The first-order valence-corrected chi connectivity index (χ1v) is 11.3. The van der Waals surface area contributed by atoms with Crippen LogP contribution in [-0.4, -0.2) is 49.1 Å². The number of pyridine rings is 1. The van der Waals surface area contributed by atoms with Gasteiger partial charge in [0.15, 0.2) is 5.65 Å². The Hall–Kier alpha value is -3.76. The normalized spacial score (nSPS) is 12.2. The predicted octanol–water partition coefficient (Wildman–Crippen LogP) is 1.70. The summed E-state index contributed by atoms with van der Waals surface area (Å²) in [5.41, 5.74) is 0.393. The Morgan fingerprint density at radius 3 is 2.35 bits per heavy atom. The summed E-state index contributed by atoms with van der Waals surface area (Å²) in [7, 11) is 1.27. The van der Waals surface area contributed by atoms with Crippen molar-refractivity contribution in [1.82, 2.24) is 29.4 Å². The third-order valence-electron chi connectivity index (χ3n) is 5.43. The number of aromatic nitrogens is 5. The number of ether oxygens (including phenoxy) is 1. The summed E-state index contributed by atoms with van der Waals surface area (Å²) in [5.74, 6) is -0.850. The quantitative estimate of drug-likeness (QED) is 0.453. The van der Waals surface area contributed by atoms with Crippen molar-refractivity contribution in [3.63, 3.8) is 0 Å². The fourth-order valence-corrected chi connectivity index (χ4v) is 3.66. The second-order valence-electron chi connectivity index (χ2n) is 8.33. The molecular weight excluding hydrogens is 440 g/mol. The molecule has 0 aliphatic carbocycles. The summed E-state index contributed by atoms with van der Waals surface area (Å²) in [6.07, 6.45) is 2.80. The van der Waals surface area contributed by atoms with Gasteiger partial charge in [0.2, 0.25) is 0 Å². The van der Waals surface area contributed by atoms with Gasteiger partial charge in [0, 0.05) is 24.8 Å². The average Bonchev–Trinajstić information content (AvgIpc) is 3.27. The summed E-state index contributed by atoms with van der Waals surface area (Å²) in [4.78, 5) is 61.9. The SMILES string of the molecule is CCCn1c(=O)c2[nH]c(-c3ccc(C(=O)N[C@H](C(=O)OC)C(C)C)nc3)nc2n(CCC)c1=O. The number of amides is 1. The lowest BCUT2D eigenvalue weighted by atomic mass is 10.0. The van der Waals surface area contributed by atoms with E-state index in [-0.39, 0.29) is 22.8 Å². The minimum Gasteiger partial charge on any atom is -0.467 e. The van der Waals surface area contributed by atoms with Gasteiger partial charge in [0.25, 0.3) is 11.5 Å². The molecule has 11 nitrogen and oxygen atoms in total. The van der Waals surface area contributed by atoms with E-state index in [9.17, 15) is 19.2 Å². The Labute approximate surface area is 196 Å². The fraction of sp³-hybridized carbons (Fsp3) is 0.478. The molecule has 1 amide bonds. The van der Waals surface area contributed by atoms with Crippen LogP contribution in [0.3, 0.4) is 0 Å². The molecule has 0 bridgehead atoms. The molecule has 2 N–H and O–H groups in total. The fourth-order valence-electron chi connectivity index (χ4n) is 3.66. The van der Waals surface area contributed by atoms with Crippen molar-refractivity contribution >= 4 is 23.0 Å². The van der Waals surface area contributed by atoms with Gasteiger partial charge < -0.3 is 15.0 Å². The number of rotatable bonds is 9. The minimum atomic E-state index is -0.796. The van der Waals surface area contributed by atoms with E-state index in [4.69, 9.17) is 4.74 Å². The molecule has 0 saturated carbocycles. The van der Waals surface area contributed by atoms with Gasteiger partial charge in [0.1, 0.15) is 23.1 Å². The van der Waals surface area contributed by atoms with Gasteiger partial charge in [0.05, 0.1) is 7.11 Å². The van der Waals surface area contributed by atoms with Crippen molar-refractivity contribution in [2.24, 2.45) is 5.92 Å². The van der Waals surface area contributed by atoms with Crippen LogP contribution in [0, 0.1) is 5.92 Å². The molecule has 34 heavy (non-hydrogen) atoms. The Balaban J connectivity index is 1.97. The van der Waals surface area contributed by atoms with Gasteiger partial charge in [-0.1, -0.05) is 27.7 Å². The van der Waals surface area contributed by atoms with Gasteiger partial charge in [-0.25, -0.2) is 14.6 Å². The van der Waals surface area contributed by atoms with Crippen molar-refractivity contribution in [1.29, 1.82) is 0 Å². The van der Waals surface area contributed by atoms with Gasteiger partial charge in [-0.3, -0.25) is 23.7 Å². The van der Waals surface area contributed by atoms with E-state index in [1.54, 1.807) is 19.9 Å². The Kier molecular flexibility index (Phi) is 7.64. The minimum absolute atomic E-state index is 0.114. The van der Waals surface area contributed by atoms with Crippen molar-refractivity contribution < 1.29 is 14.3 Å². The van der Waals surface area contributed by atoms with Crippen molar-refractivity contribution in [3.8, 4) is 11.4 Å². The molecule has 0 aliphatic heterocycles. The third kappa shape index (κ3) is 4.78. The van der Waals surface area contributed by atoms with Crippen molar-refractivity contribution in [2.45, 2.75) is 59.7 Å². The largest absolute Gasteiger partial charge is 0.467 e. The first-order valence-electron chi connectivity index (χ1n) is 11.3. The number of nitrogens with one attached hydrogen (secondary N) is 2. The van der Waals surface area contributed by atoms with Crippen molar-refractivity contribution in [3.05, 3.63) is 44.9 Å². The number of carbonyl (C=O) groups is 2. The zero-order chi connectivity index (χ0) is 25.0. The number of aryl methyl sites for hydroxylation is 1. The third-order valence-corrected chi connectivity index (χ3v) is 5.43. The number of nitrogens with zero attached hydrogens (tertiary/aromatic N) is 4. The molecule has 0 aliphatic rings. The van der Waals surface area contributed by atoms with Gasteiger partial charge >= 0.3 is 11.7 Å². The number of fused-ring (bicyclic) bond motifs is 1. The van der Waals surface area contributed by atoms with Crippen LogP contribution >= 0.6 is 0 Å². The molecule has 0 radical (unpaired) electrons. The van der Waals surface area contributed by atoms with Crippen LogP contribution < -0.4 is 16.6 Å². The van der Waals surface area contributed by atoms with Crippen LogP contribution in [0.15, 0.2) is 27.9 Å². The van der Waals surface area contributed by atoms with E-state index in [0.29, 0.717) is 43.0 Å². The Morgan fingerprint density at radius 1 is 1.12 bits per heavy atom. The summed E-state index contributed by atoms with van der Waals surface area (Å²) in [6, 6.07) is 2.34. The van der Waals surface area contributed by atoms with E-state index in [1.807, 2.05) is 13.8 Å². The van der Waals surface area contributed by atoms with Crippen LogP contribution in [-0.2, 0) is 22.6 Å². The lowest BCUT2D eigenvalue weighted by molar-refractivity contribution is -0.144. The summed E-state index contributed by atoms with van der Waals surface area (Å²) in [5, 5.41) is 2.64. The number of esters is 1. The monoisotopic (exact) mass is 470 g/mol. The topological polar surface area (TPSA) is 141 Å². The lowest BCUT2D eigenvalue weighted by Gasteiger charge is -2.19. The molecule has 3 aromatic rings. The highest BCUT2D eigenvalue weighted by atomic mass is 16.5. The van der Waals surface area contributed by atoms with Gasteiger partial charge in [-0.15, -0.1) is 0 Å². The van der Waals surface area contributed by atoms with E-state index < -0.39 is 23.5 Å². The Morgan fingerprint density at radius 2 is 1.79 bits per heavy atom. The maximum atomic E-state index is 12.9. The highest BCUT2D eigenvalue weighted by Crippen LogP contribution is 2.18. The highest BCUT2D eigenvalue weighted by molar-refractivity contribution is 5.95. The first kappa shape index (κ1) is 24.9. The smallest absolute Gasteiger partial charge is 0.332 e. The van der Waals surface area contributed by atoms with Gasteiger partial charge in [-0.05, 0) is 30.9 Å². The second-order valence-corrected chi connectivity index (χ2v) is 8.33. The molecule has 3 aromatic heterocycles. The first-order chi connectivity index (χ1) is 16.2. The molecule has 0 unspecified atom stereocenters. The molecule has 11 heteroatoms. The van der Waals surface area contributed by atoms with Crippen molar-refractivity contribution in [2.75, 3.05) is 7.11 Å². The van der Waals surface area contributed by atoms with E-state index >= 15 is 0 Å². The maximum absolute atomic E-state index is 12.9. The zero-order valence-electron chi connectivity index (χ0n) is 20.0. The number of aromatic amines is 1. The Bertz CT molecular complexity index is 1300. The van der Waals surface area contributed by atoms with E-state index in [1.165, 1.54) is 28.5 Å². The summed E-state index contributed by atoms with van der Waals surface area (Å²) < 4.78 is 7.47. The van der Waals surface area contributed by atoms with Crippen LogP contribution in [0.4, 0.5) is 0 Å². The maximum Gasteiger partial charge on any atom is 0.332 e. The summed E-state index contributed by atoms with van der Waals surface area (Å²) >= 11 is 0. The molecule has 1 atom stereocenters. The summed E-state index contributed by atoms with van der Waals surface area (Å²) in [6.45, 7) is 8.19. The zero-order valence-corrected chi connectivity index (χ0v) is 20.0. The molecule has 3 rings (SSSR count). The van der Waals surface area contributed by atoms with Crippen LogP contribution in [0.25, 0.3) is 22.6 Å². The lowest BCUT2D eigenvalue weighted by Crippen LogP contribution is -2.45.